The van der Waals surface area contributed by atoms with Gasteiger partial charge >= 0.3 is 0 Å². The van der Waals surface area contributed by atoms with Crippen molar-refractivity contribution in [3.05, 3.63) is 55.4 Å². The van der Waals surface area contributed by atoms with Gasteiger partial charge in [-0.2, -0.15) is 4.37 Å². The molecule has 2 aromatic heterocycles. The number of piperidine rings is 1. The van der Waals surface area contributed by atoms with Crippen LogP contribution in [0.5, 0.6) is 0 Å². The molecule has 0 bridgehead atoms. The van der Waals surface area contributed by atoms with Crippen molar-refractivity contribution in [2.45, 2.75) is 18.8 Å². The number of rotatable bonds is 3. The van der Waals surface area contributed by atoms with Gasteiger partial charge in [-0.3, -0.25) is 4.79 Å². The summed E-state index contributed by atoms with van der Waals surface area (Å²) in [6, 6.07) is 7.03. The Bertz CT molecular complexity index is 963. The standard InChI is InChI=1S/C18H14Cl3N3OS2/c19-12-3-1-11(2-4-12)18(25)24-7-5-10(6-8-24)17-22-13(9-26-17)15-14(20)16(21)23-27-15/h1-4,9-10H,5-8H2. The number of hydrogen-bond donors (Lipinski definition) is 0. The number of carbonyl (C=O) groups is 1. The molecule has 1 fully saturated rings. The molecular weight excluding hydrogens is 445 g/mol. The average molecular weight is 459 g/mol. The normalized spacial score (nSPS) is 15.3. The van der Waals surface area contributed by atoms with Crippen molar-refractivity contribution in [3.8, 4) is 10.6 Å². The highest BCUT2D eigenvalue weighted by molar-refractivity contribution is 7.12. The zero-order chi connectivity index (χ0) is 19.0. The van der Waals surface area contributed by atoms with Crippen molar-refractivity contribution in [3.63, 3.8) is 0 Å². The van der Waals surface area contributed by atoms with E-state index >= 15 is 0 Å². The first kappa shape index (κ1) is 19.2. The van der Waals surface area contributed by atoms with Crippen molar-refractivity contribution in [1.29, 1.82) is 0 Å². The lowest BCUT2D eigenvalue weighted by Crippen LogP contribution is -2.37. The first-order valence-corrected chi connectivity index (χ1v) is 11.1. The van der Waals surface area contributed by atoms with Gasteiger partial charge in [-0.15, -0.1) is 11.3 Å². The van der Waals surface area contributed by atoms with E-state index in [0.29, 0.717) is 39.8 Å². The minimum atomic E-state index is 0.0519. The lowest BCUT2D eigenvalue weighted by Gasteiger charge is -2.31. The van der Waals surface area contributed by atoms with Crippen LogP contribution < -0.4 is 0 Å². The van der Waals surface area contributed by atoms with E-state index < -0.39 is 0 Å². The van der Waals surface area contributed by atoms with E-state index in [2.05, 4.69) is 4.37 Å². The van der Waals surface area contributed by atoms with Gasteiger partial charge in [-0.05, 0) is 48.6 Å². The van der Waals surface area contributed by atoms with E-state index in [1.807, 2.05) is 10.3 Å². The molecule has 0 atom stereocenters. The molecule has 1 aromatic carbocycles. The molecule has 4 nitrogen and oxygen atoms in total. The third-order valence-electron chi connectivity index (χ3n) is 4.57. The zero-order valence-corrected chi connectivity index (χ0v) is 17.9. The number of aromatic nitrogens is 2. The highest BCUT2D eigenvalue weighted by Crippen LogP contribution is 2.39. The molecule has 9 heteroatoms. The number of benzene rings is 1. The molecule has 0 radical (unpaired) electrons. The second-order valence-electron chi connectivity index (χ2n) is 6.26. The smallest absolute Gasteiger partial charge is 0.253 e. The van der Waals surface area contributed by atoms with Crippen LogP contribution in [0.3, 0.4) is 0 Å². The second-order valence-corrected chi connectivity index (χ2v) is 9.10. The fourth-order valence-corrected chi connectivity index (χ4v) is 5.47. The Morgan fingerprint density at radius 2 is 1.81 bits per heavy atom. The highest BCUT2D eigenvalue weighted by atomic mass is 35.5. The quantitative estimate of drug-likeness (QED) is 0.466. The third-order valence-corrected chi connectivity index (χ3v) is 7.65. The lowest BCUT2D eigenvalue weighted by atomic mass is 9.97. The largest absolute Gasteiger partial charge is 0.339 e. The summed E-state index contributed by atoms with van der Waals surface area (Å²) in [5, 5.41) is 4.48. The first-order valence-electron chi connectivity index (χ1n) is 8.34. The lowest BCUT2D eigenvalue weighted by molar-refractivity contribution is 0.0713. The molecule has 0 spiro atoms. The van der Waals surface area contributed by atoms with Gasteiger partial charge in [0.15, 0.2) is 5.15 Å². The fraction of sp³-hybridized carbons (Fsp3) is 0.278. The predicted molar refractivity (Wildman–Crippen MR) is 113 cm³/mol. The summed E-state index contributed by atoms with van der Waals surface area (Å²) in [6.45, 7) is 1.43. The number of halogens is 3. The van der Waals surface area contributed by atoms with Crippen LogP contribution in [-0.4, -0.2) is 33.3 Å². The van der Waals surface area contributed by atoms with Gasteiger partial charge in [0.2, 0.25) is 0 Å². The van der Waals surface area contributed by atoms with Crippen LogP contribution in [0.2, 0.25) is 15.2 Å². The van der Waals surface area contributed by atoms with Crippen LogP contribution in [0.25, 0.3) is 10.6 Å². The summed E-state index contributed by atoms with van der Waals surface area (Å²) in [5.41, 5.74) is 1.50. The molecule has 0 unspecified atom stereocenters. The Kier molecular flexibility index (Phi) is 5.71. The van der Waals surface area contributed by atoms with E-state index in [1.54, 1.807) is 35.6 Å². The highest BCUT2D eigenvalue weighted by Gasteiger charge is 2.27. The van der Waals surface area contributed by atoms with Crippen LogP contribution >= 0.6 is 57.7 Å². The summed E-state index contributed by atoms with van der Waals surface area (Å²) in [4.78, 5) is 20.1. The molecule has 1 aliphatic heterocycles. The molecule has 140 valence electrons. The number of carbonyl (C=O) groups excluding carboxylic acids is 1. The van der Waals surface area contributed by atoms with Crippen LogP contribution in [-0.2, 0) is 0 Å². The summed E-state index contributed by atoms with van der Waals surface area (Å²) in [7, 11) is 0. The van der Waals surface area contributed by atoms with E-state index in [0.717, 1.165) is 28.4 Å². The molecule has 3 aromatic rings. The molecule has 0 saturated carbocycles. The van der Waals surface area contributed by atoms with Gasteiger partial charge in [-0.1, -0.05) is 34.8 Å². The second kappa shape index (κ2) is 8.05. The Morgan fingerprint density at radius 1 is 1.11 bits per heavy atom. The van der Waals surface area contributed by atoms with Crippen molar-refractivity contribution in [2.24, 2.45) is 0 Å². The molecule has 1 aliphatic rings. The van der Waals surface area contributed by atoms with Gasteiger partial charge < -0.3 is 4.90 Å². The Hall–Kier alpha value is -1.18. The molecule has 0 N–H and O–H groups in total. The first-order chi connectivity index (χ1) is 13.0. The van der Waals surface area contributed by atoms with E-state index in [9.17, 15) is 4.79 Å². The third kappa shape index (κ3) is 4.00. The van der Waals surface area contributed by atoms with E-state index in [4.69, 9.17) is 39.8 Å². The topological polar surface area (TPSA) is 46.1 Å². The number of amides is 1. The molecule has 3 heterocycles. The molecular formula is C18H14Cl3N3OS2. The maximum atomic E-state index is 12.6. The van der Waals surface area contributed by atoms with Crippen molar-refractivity contribution in [2.75, 3.05) is 13.1 Å². The summed E-state index contributed by atoms with van der Waals surface area (Å²) in [6.07, 6.45) is 1.78. The molecule has 1 saturated heterocycles. The monoisotopic (exact) mass is 457 g/mol. The summed E-state index contributed by atoms with van der Waals surface area (Å²) < 4.78 is 4.07. The molecule has 4 rings (SSSR count). The van der Waals surface area contributed by atoms with Crippen molar-refractivity contribution in [1.82, 2.24) is 14.3 Å². The zero-order valence-electron chi connectivity index (χ0n) is 14.0. The van der Waals surface area contributed by atoms with Crippen molar-refractivity contribution >= 4 is 63.6 Å². The van der Waals surface area contributed by atoms with Gasteiger partial charge in [-0.25, -0.2) is 4.98 Å². The van der Waals surface area contributed by atoms with Crippen LogP contribution in [0.1, 0.15) is 34.1 Å². The van der Waals surface area contributed by atoms with Gasteiger partial charge in [0, 0.05) is 35.0 Å². The Balaban J connectivity index is 1.41. The molecule has 0 aliphatic carbocycles. The van der Waals surface area contributed by atoms with Crippen LogP contribution in [0, 0.1) is 0 Å². The van der Waals surface area contributed by atoms with E-state index in [-0.39, 0.29) is 5.91 Å². The average Bonchev–Trinajstić information content (AvgIpc) is 3.29. The number of thiazole rings is 1. The van der Waals surface area contributed by atoms with E-state index in [1.165, 1.54) is 11.5 Å². The summed E-state index contributed by atoms with van der Waals surface area (Å²) >= 11 is 20.9. The molecule has 1 amide bonds. The number of nitrogens with zero attached hydrogens (tertiary/aromatic N) is 3. The van der Waals surface area contributed by atoms with Crippen LogP contribution in [0.4, 0.5) is 0 Å². The van der Waals surface area contributed by atoms with Crippen molar-refractivity contribution < 1.29 is 4.79 Å². The van der Waals surface area contributed by atoms with Crippen LogP contribution in [0.15, 0.2) is 29.6 Å². The fourth-order valence-electron chi connectivity index (χ4n) is 3.10. The Labute approximate surface area is 179 Å². The Morgan fingerprint density at radius 3 is 2.44 bits per heavy atom. The number of hydrogen-bond acceptors (Lipinski definition) is 5. The number of likely N-dealkylation sites (tertiary alicyclic amines) is 1. The SMILES string of the molecule is O=C(c1ccc(Cl)cc1)N1CCC(c2nc(-c3snc(Cl)c3Cl)cs2)CC1. The predicted octanol–water partition coefficient (Wildman–Crippen LogP) is 6.25. The summed E-state index contributed by atoms with van der Waals surface area (Å²) in [5.74, 6) is 0.399. The molecule has 27 heavy (non-hydrogen) atoms. The maximum absolute atomic E-state index is 12.6. The van der Waals surface area contributed by atoms with Gasteiger partial charge in [0.1, 0.15) is 0 Å². The van der Waals surface area contributed by atoms with Gasteiger partial charge in [0.25, 0.3) is 5.91 Å². The maximum Gasteiger partial charge on any atom is 0.253 e. The minimum Gasteiger partial charge on any atom is -0.339 e. The van der Waals surface area contributed by atoms with Gasteiger partial charge in [0.05, 0.1) is 20.6 Å². The minimum absolute atomic E-state index is 0.0519.